The number of hydrogen-bond acceptors (Lipinski definition) is 4. The van der Waals surface area contributed by atoms with Crippen molar-refractivity contribution in [3.63, 3.8) is 0 Å². The van der Waals surface area contributed by atoms with Gasteiger partial charge in [0.05, 0.1) is 12.2 Å². The number of nitrogens with zero attached hydrogens (tertiary/aromatic N) is 4. The van der Waals surface area contributed by atoms with E-state index in [4.69, 9.17) is 21.1 Å². The molecular formula is C28H27ClN4O2. The molecule has 2 aromatic carbocycles. The van der Waals surface area contributed by atoms with Gasteiger partial charge in [-0.1, -0.05) is 41.9 Å². The van der Waals surface area contributed by atoms with Gasteiger partial charge < -0.3 is 14.2 Å². The highest BCUT2D eigenvalue weighted by molar-refractivity contribution is 6.30. The van der Waals surface area contributed by atoms with E-state index in [9.17, 15) is 4.79 Å². The minimum absolute atomic E-state index is 0.0236. The maximum absolute atomic E-state index is 13.4. The molecule has 1 saturated heterocycles. The number of aryl methyl sites for hydroxylation is 2. The van der Waals surface area contributed by atoms with Gasteiger partial charge in [-0.05, 0) is 48.7 Å². The van der Waals surface area contributed by atoms with Crippen LogP contribution in [0.4, 0.5) is 5.69 Å². The second-order valence-electron chi connectivity index (χ2n) is 9.30. The lowest BCUT2D eigenvalue weighted by atomic mass is 9.93. The summed E-state index contributed by atoms with van der Waals surface area (Å²) in [6, 6.07) is 18.2. The monoisotopic (exact) mass is 486 g/mol. The molecule has 0 unspecified atom stereocenters. The number of furan rings is 1. The Hall–Kier alpha value is -3.51. The summed E-state index contributed by atoms with van der Waals surface area (Å²) in [5.74, 6) is 1.30. The number of piperazine rings is 1. The van der Waals surface area contributed by atoms with Crippen LogP contribution >= 0.6 is 11.6 Å². The number of para-hydroxylation sites is 1. The summed E-state index contributed by atoms with van der Waals surface area (Å²) < 4.78 is 8.15. The van der Waals surface area contributed by atoms with Crippen molar-refractivity contribution in [2.75, 3.05) is 31.1 Å². The minimum Gasteiger partial charge on any atom is -0.455 e. The quantitative estimate of drug-likeness (QED) is 0.397. The first-order chi connectivity index (χ1) is 17.1. The largest absolute Gasteiger partial charge is 0.455 e. The normalized spacial score (nSPS) is 15.1. The van der Waals surface area contributed by atoms with E-state index >= 15 is 0 Å². The van der Waals surface area contributed by atoms with E-state index in [0.29, 0.717) is 25.4 Å². The highest BCUT2D eigenvalue weighted by atomic mass is 35.5. The van der Waals surface area contributed by atoms with E-state index in [1.54, 1.807) is 0 Å². The third-order valence-corrected chi connectivity index (χ3v) is 7.27. The molecule has 2 aliphatic rings. The fourth-order valence-electron chi connectivity index (χ4n) is 5.22. The number of amides is 1. The molecule has 0 N–H and O–H groups in total. The molecule has 0 atom stereocenters. The maximum Gasteiger partial charge on any atom is 0.289 e. The lowest BCUT2D eigenvalue weighted by molar-refractivity contribution is 0.0711. The molecule has 6 nitrogen and oxygen atoms in total. The van der Waals surface area contributed by atoms with Crippen LogP contribution in [0.5, 0.6) is 0 Å². The summed E-state index contributed by atoms with van der Waals surface area (Å²) in [5, 5.41) is 5.61. The van der Waals surface area contributed by atoms with Crippen LogP contribution in [0.1, 0.15) is 33.0 Å². The van der Waals surface area contributed by atoms with E-state index in [2.05, 4.69) is 29.3 Å². The third-order valence-electron chi connectivity index (χ3n) is 7.03. The zero-order valence-corrected chi connectivity index (χ0v) is 20.5. The second kappa shape index (κ2) is 8.93. The van der Waals surface area contributed by atoms with Crippen LogP contribution in [0, 0.1) is 6.92 Å². The van der Waals surface area contributed by atoms with Gasteiger partial charge in [0.2, 0.25) is 0 Å². The van der Waals surface area contributed by atoms with Gasteiger partial charge in [0.25, 0.3) is 5.91 Å². The van der Waals surface area contributed by atoms with Crippen LogP contribution in [0.15, 0.2) is 65.2 Å². The highest BCUT2D eigenvalue weighted by Crippen LogP contribution is 2.39. The zero-order chi connectivity index (χ0) is 23.9. The van der Waals surface area contributed by atoms with Crippen LogP contribution in [0.3, 0.4) is 0 Å². The first kappa shape index (κ1) is 22.0. The first-order valence-corrected chi connectivity index (χ1v) is 12.5. The molecule has 1 aliphatic heterocycles. The molecular weight excluding hydrogens is 460 g/mol. The Morgan fingerprint density at radius 1 is 1.03 bits per heavy atom. The lowest BCUT2D eigenvalue weighted by Crippen LogP contribution is -2.48. The molecule has 35 heavy (non-hydrogen) atoms. The van der Waals surface area contributed by atoms with E-state index in [0.717, 1.165) is 59.1 Å². The predicted octanol–water partition coefficient (Wildman–Crippen LogP) is 5.21. The van der Waals surface area contributed by atoms with Crippen LogP contribution in [0.25, 0.3) is 11.3 Å². The number of fused-ring (bicyclic) bond motifs is 3. The van der Waals surface area contributed by atoms with Gasteiger partial charge in [-0.3, -0.25) is 9.48 Å². The van der Waals surface area contributed by atoms with E-state index in [1.165, 1.54) is 11.3 Å². The Morgan fingerprint density at radius 3 is 2.60 bits per heavy atom. The third kappa shape index (κ3) is 4.12. The van der Waals surface area contributed by atoms with Gasteiger partial charge in [-0.15, -0.1) is 0 Å². The number of carbonyl (C=O) groups excluding carboxylic acids is 1. The average molecular weight is 487 g/mol. The summed E-state index contributed by atoms with van der Waals surface area (Å²) in [6.07, 6.45) is 3.74. The number of benzene rings is 2. The fourth-order valence-corrected chi connectivity index (χ4v) is 5.43. The number of carbonyl (C=O) groups is 1. The SMILES string of the molecule is Cc1c(C(=O)N2CCN(c3ccccc3)CC2)oc2c1-c1nn(Cc3cccc(Cl)c3)cc1CC2. The van der Waals surface area contributed by atoms with Gasteiger partial charge in [-0.25, -0.2) is 0 Å². The number of halogens is 1. The van der Waals surface area contributed by atoms with Crippen molar-refractivity contribution in [3.8, 4) is 11.3 Å². The summed E-state index contributed by atoms with van der Waals surface area (Å²) in [5.41, 5.74) is 6.31. The van der Waals surface area contributed by atoms with Gasteiger partial charge in [0.15, 0.2) is 5.76 Å². The Kier molecular flexibility index (Phi) is 5.61. The topological polar surface area (TPSA) is 54.5 Å². The van der Waals surface area contributed by atoms with Crippen LogP contribution in [0.2, 0.25) is 5.02 Å². The second-order valence-corrected chi connectivity index (χ2v) is 9.74. The molecule has 0 bridgehead atoms. The molecule has 6 rings (SSSR count). The number of aromatic nitrogens is 2. The lowest BCUT2D eigenvalue weighted by Gasteiger charge is -2.35. The molecule has 4 aromatic rings. The summed E-state index contributed by atoms with van der Waals surface area (Å²) in [7, 11) is 0. The van der Waals surface area contributed by atoms with Gasteiger partial charge in [0, 0.05) is 60.6 Å². The molecule has 1 amide bonds. The summed E-state index contributed by atoms with van der Waals surface area (Å²) in [6.45, 7) is 5.62. The Bertz CT molecular complexity index is 1380. The summed E-state index contributed by atoms with van der Waals surface area (Å²) in [4.78, 5) is 17.7. The molecule has 7 heteroatoms. The maximum atomic E-state index is 13.4. The van der Waals surface area contributed by atoms with Gasteiger partial charge >= 0.3 is 0 Å². The molecule has 3 heterocycles. The van der Waals surface area contributed by atoms with Crippen molar-refractivity contribution in [2.45, 2.75) is 26.3 Å². The van der Waals surface area contributed by atoms with Crippen molar-refractivity contribution in [1.29, 1.82) is 0 Å². The Labute approximate surface area is 209 Å². The van der Waals surface area contributed by atoms with Crippen molar-refractivity contribution in [1.82, 2.24) is 14.7 Å². The smallest absolute Gasteiger partial charge is 0.289 e. The number of hydrogen-bond donors (Lipinski definition) is 0. The molecule has 2 aromatic heterocycles. The number of anilines is 1. The van der Waals surface area contributed by atoms with Crippen molar-refractivity contribution < 1.29 is 9.21 Å². The Morgan fingerprint density at radius 2 is 1.83 bits per heavy atom. The average Bonchev–Trinajstić information content (AvgIpc) is 3.44. The van der Waals surface area contributed by atoms with Crippen molar-refractivity contribution in [2.24, 2.45) is 0 Å². The zero-order valence-electron chi connectivity index (χ0n) is 19.7. The van der Waals surface area contributed by atoms with Crippen LogP contribution in [-0.4, -0.2) is 46.8 Å². The number of rotatable bonds is 4. The molecule has 0 saturated carbocycles. The first-order valence-electron chi connectivity index (χ1n) is 12.1. The minimum atomic E-state index is -0.0236. The molecule has 1 fully saturated rings. The summed E-state index contributed by atoms with van der Waals surface area (Å²) >= 11 is 6.15. The van der Waals surface area contributed by atoms with Crippen LogP contribution in [-0.2, 0) is 19.4 Å². The van der Waals surface area contributed by atoms with Crippen molar-refractivity contribution >= 4 is 23.2 Å². The van der Waals surface area contributed by atoms with E-state index in [1.807, 2.05) is 52.9 Å². The van der Waals surface area contributed by atoms with Gasteiger partial charge in [0.1, 0.15) is 5.76 Å². The molecule has 1 aliphatic carbocycles. The molecule has 178 valence electrons. The van der Waals surface area contributed by atoms with Crippen LogP contribution < -0.4 is 4.90 Å². The molecule has 0 spiro atoms. The fraction of sp³-hybridized carbons (Fsp3) is 0.286. The van der Waals surface area contributed by atoms with E-state index < -0.39 is 0 Å². The van der Waals surface area contributed by atoms with Crippen molar-refractivity contribution in [3.05, 3.63) is 94.0 Å². The van der Waals surface area contributed by atoms with E-state index in [-0.39, 0.29) is 5.91 Å². The van der Waals surface area contributed by atoms with Gasteiger partial charge in [-0.2, -0.15) is 5.10 Å². The molecule has 0 radical (unpaired) electrons. The predicted molar refractivity (Wildman–Crippen MR) is 137 cm³/mol. The standard InChI is InChI=1S/C28H27ClN4O2/c1-19-25-24(11-10-21-18-33(30-26(21)25)17-20-6-5-7-22(29)16-20)35-27(19)28(34)32-14-12-31(13-15-32)23-8-3-2-4-9-23/h2-9,16,18H,10-15,17H2,1H3. The Balaban J connectivity index is 1.22. The highest BCUT2D eigenvalue weighted by Gasteiger charge is 2.32.